The maximum absolute atomic E-state index is 12.7. The fourth-order valence-electron chi connectivity index (χ4n) is 3.20. The molecule has 2 N–H and O–H groups in total. The van der Waals surface area contributed by atoms with Crippen molar-refractivity contribution in [1.29, 1.82) is 0 Å². The molecule has 0 saturated carbocycles. The number of benzene rings is 2. The summed E-state index contributed by atoms with van der Waals surface area (Å²) in [5.74, 6) is -0.259. The van der Waals surface area contributed by atoms with Crippen LogP contribution in [0.4, 0.5) is 4.79 Å². The van der Waals surface area contributed by atoms with Crippen molar-refractivity contribution < 1.29 is 14.4 Å². The van der Waals surface area contributed by atoms with Crippen LogP contribution in [0, 0.1) is 0 Å². The highest BCUT2D eigenvalue weighted by Gasteiger charge is 2.29. The molecule has 1 heterocycles. The van der Waals surface area contributed by atoms with Gasteiger partial charge in [0, 0.05) is 18.0 Å². The van der Waals surface area contributed by atoms with Crippen LogP contribution < -0.4 is 10.6 Å². The Morgan fingerprint density at radius 3 is 2.48 bits per heavy atom. The van der Waals surface area contributed by atoms with Crippen molar-refractivity contribution >= 4 is 17.8 Å². The smallest absolute Gasteiger partial charge is 0.324 e. The Labute approximate surface area is 158 Å². The Hall–Kier alpha value is -3.15. The molecular formula is C21H23N3O3. The zero-order chi connectivity index (χ0) is 19.2. The summed E-state index contributed by atoms with van der Waals surface area (Å²) in [6.07, 6.45) is 0.911. The van der Waals surface area contributed by atoms with Crippen molar-refractivity contribution in [3.63, 3.8) is 0 Å². The predicted molar refractivity (Wildman–Crippen MR) is 102 cm³/mol. The van der Waals surface area contributed by atoms with Crippen LogP contribution in [0.3, 0.4) is 0 Å². The lowest BCUT2D eigenvalue weighted by atomic mass is 9.96. The Balaban J connectivity index is 1.70. The van der Waals surface area contributed by atoms with E-state index in [1.54, 1.807) is 24.3 Å². The van der Waals surface area contributed by atoms with Crippen LogP contribution in [0.25, 0.3) is 0 Å². The second-order valence-electron chi connectivity index (χ2n) is 6.52. The number of carbonyl (C=O) groups is 3. The van der Waals surface area contributed by atoms with Gasteiger partial charge in [0.25, 0.3) is 5.91 Å². The molecule has 1 aliphatic rings. The highest BCUT2D eigenvalue weighted by atomic mass is 16.2. The summed E-state index contributed by atoms with van der Waals surface area (Å²) in [5.41, 5.74) is 2.31. The van der Waals surface area contributed by atoms with E-state index in [1.807, 2.05) is 18.2 Å². The van der Waals surface area contributed by atoms with Crippen molar-refractivity contribution in [2.24, 2.45) is 0 Å². The zero-order valence-corrected chi connectivity index (χ0v) is 15.3. The summed E-state index contributed by atoms with van der Waals surface area (Å²) < 4.78 is 0. The van der Waals surface area contributed by atoms with Crippen LogP contribution in [-0.4, -0.2) is 35.8 Å². The fraction of sp³-hybridized carbons (Fsp3) is 0.286. The molecule has 0 bridgehead atoms. The molecular weight excluding hydrogens is 342 g/mol. The molecule has 3 rings (SSSR count). The number of hydrogen-bond donors (Lipinski definition) is 2. The van der Waals surface area contributed by atoms with Gasteiger partial charge in [0.1, 0.15) is 0 Å². The van der Waals surface area contributed by atoms with E-state index >= 15 is 0 Å². The molecule has 0 unspecified atom stereocenters. The number of imide groups is 1. The third kappa shape index (κ3) is 4.34. The molecule has 0 aromatic heterocycles. The predicted octanol–water partition coefficient (Wildman–Crippen LogP) is 2.66. The molecule has 1 fully saturated rings. The number of carbonyl (C=O) groups excluding carboxylic acids is 3. The summed E-state index contributed by atoms with van der Waals surface area (Å²) in [6.45, 7) is 2.71. The molecule has 6 heteroatoms. The number of nitrogens with zero attached hydrogens (tertiary/aromatic N) is 1. The van der Waals surface area contributed by atoms with E-state index in [0.717, 1.165) is 11.3 Å². The van der Waals surface area contributed by atoms with E-state index < -0.39 is 6.03 Å². The van der Waals surface area contributed by atoms with Crippen LogP contribution in [0.15, 0.2) is 54.6 Å². The number of nitrogens with one attached hydrogen (secondary N) is 2. The maximum Gasteiger partial charge on any atom is 0.324 e. The number of rotatable bonds is 7. The summed E-state index contributed by atoms with van der Waals surface area (Å²) in [6, 6.07) is 16.7. The summed E-state index contributed by atoms with van der Waals surface area (Å²) in [4.78, 5) is 37.5. The van der Waals surface area contributed by atoms with Gasteiger partial charge in [-0.05, 0) is 23.6 Å². The van der Waals surface area contributed by atoms with Gasteiger partial charge in [-0.1, -0.05) is 55.5 Å². The van der Waals surface area contributed by atoms with Gasteiger partial charge in [0.05, 0.1) is 13.1 Å². The molecule has 2 aromatic rings. The summed E-state index contributed by atoms with van der Waals surface area (Å²) >= 11 is 0. The molecule has 1 saturated heterocycles. The molecule has 140 valence electrons. The largest absolute Gasteiger partial charge is 0.351 e. The monoisotopic (exact) mass is 365 g/mol. The van der Waals surface area contributed by atoms with E-state index in [9.17, 15) is 14.4 Å². The first-order valence-corrected chi connectivity index (χ1v) is 9.09. The summed E-state index contributed by atoms with van der Waals surface area (Å²) in [7, 11) is 0. The molecule has 27 heavy (non-hydrogen) atoms. The zero-order valence-electron chi connectivity index (χ0n) is 15.3. The third-order valence-corrected chi connectivity index (χ3v) is 4.80. The van der Waals surface area contributed by atoms with Gasteiger partial charge in [-0.3, -0.25) is 14.5 Å². The van der Waals surface area contributed by atoms with E-state index in [4.69, 9.17) is 0 Å². The van der Waals surface area contributed by atoms with Crippen molar-refractivity contribution in [3.8, 4) is 0 Å². The highest BCUT2D eigenvalue weighted by Crippen LogP contribution is 2.19. The molecule has 1 atom stereocenters. The number of urea groups is 1. The van der Waals surface area contributed by atoms with Gasteiger partial charge in [-0.15, -0.1) is 0 Å². The summed E-state index contributed by atoms with van der Waals surface area (Å²) in [5, 5.41) is 5.48. The van der Waals surface area contributed by atoms with Crippen LogP contribution in [-0.2, 0) is 11.3 Å². The van der Waals surface area contributed by atoms with Crippen molar-refractivity contribution in [1.82, 2.24) is 15.5 Å². The minimum atomic E-state index is -0.426. The van der Waals surface area contributed by atoms with Crippen LogP contribution in [0.5, 0.6) is 0 Å². The normalized spacial score (nSPS) is 14.8. The molecule has 2 aromatic carbocycles. The van der Waals surface area contributed by atoms with Crippen molar-refractivity contribution in [2.75, 3.05) is 13.1 Å². The Morgan fingerprint density at radius 1 is 1.11 bits per heavy atom. The van der Waals surface area contributed by atoms with E-state index in [1.165, 1.54) is 5.56 Å². The van der Waals surface area contributed by atoms with E-state index in [2.05, 4.69) is 29.7 Å². The maximum atomic E-state index is 12.7. The minimum Gasteiger partial charge on any atom is -0.351 e. The van der Waals surface area contributed by atoms with Gasteiger partial charge in [0.2, 0.25) is 5.91 Å². The average molecular weight is 365 g/mol. The molecule has 0 aliphatic carbocycles. The van der Waals surface area contributed by atoms with Crippen LogP contribution in [0.2, 0.25) is 0 Å². The lowest BCUT2D eigenvalue weighted by Gasteiger charge is -2.18. The fourth-order valence-corrected chi connectivity index (χ4v) is 3.20. The van der Waals surface area contributed by atoms with E-state index in [-0.39, 0.29) is 30.8 Å². The number of amides is 4. The van der Waals surface area contributed by atoms with Gasteiger partial charge in [-0.2, -0.15) is 0 Å². The second kappa shape index (κ2) is 8.49. The van der Waals surface area contributed by atoms with Gasteiger partial charge < -0.3 is 10.6 Å². The standard InChI is InChI=1S/C21H23N3O3/c1-2-15(16-8-4-3-5-9-16)12-22-20(26)18-11-7-6-10-17(18)14-24-19(25)13-23-21(24)27/h3-11,15H,2,12-14H2,1H3,(H,22,26)(H,23,27)/t15-/m0/s1. The molecule has 1 aliphatic heterocycles. The van der Waals surface area contributed by atoms with E-state index in [0.29, 0.717) is 17.7 Å². The average Bonchev–Trinajstić information content (AvgIpc) is 3.01. The quantitative estimate of drug-likeness (QED) is 0.741. The Morgan fingerprint density at radius 2 is 1.81 bits per heavy atom. The van der Waals surface area contributed by atoms with Crippen LogP contribution in [0.1, 0.15) is 40.7 Å². The molecule has 6 nitrogen and oxygen atoms in total. The first kappa shape index (κ1) is 18.6. The third-order valence-electron chi connectivity index (χ3n) is 4.80. The molecule has 0 spiro atoms. The first-order chi connectivity index (χ1) is 13.1. The first-order valence-electron chi connectivity index (χ1n) is 9.09. The highest BCUT2D eigenvalue weighted by molar-refractivity contribution is 6.02. The second-order valence-corrected chi connectivity index (χ2v) is 6.52. The Bertz CT molecular complexity index is 820. The number of hydrogen-bond acceptors (Lipinski definition) is 3. The Kier molecular flexibility index (Phi) is 5.86. The lowest BCUT2D eigenvalue weighted by molar-refractivity contribution is -0.125. The van der Waals surface area contributed by atoms with Gasteiger partial charge in [-0.25, -0.2) is 4.79 Å². The topological polar surface area (TPSA) is 78.5 Å². The van der Waals surface area contributed by atoms with Crippen molar-refractivity contribution in [2.45, 2.75) is 25.8 Å². The van der Waals surface area contributed by atoms with Gasteiger partial charge in [0.15, 0.2) is 0 Å². The van der Waals surface area contributed by atoms with Crippen molar-refractivity contribution in [3.05, 3.63) is 71.3 Å². The minimum absolute atomic E-state index is 0.00243. The lowest BCUT2D eigenvalue weighted by Crippen LogP contribution is -2.33. The molecule has 4 amide bonds. The molecule has 0 radical (unpaired) electrons. The van der Waals surface area contributed by atoms with Gasteiger partial charge >= 0.3 is 6.03 Å². The SMILES string of the molecule is CC[C@@H](CNC(=O)c1ccccc1CN1C(=O)CNC1=O)c1ccccc1. The van der Waals surface area contributed by atoms with Crippen LogP contribution >= 0.6 is 0 Å².